The number of ether oxygens (including phenoxy) is 1. The molecule has 2 fully saturated rings. The van der Waals surface area contributed by atoms with E-state index in [0.717, 1.165) is 36.4 Å². The van der Waals surface area contributed by atoms with Crippen molar-refractivity contribution in [1.82, 2.24) is 10.3 Å². The smallest absolute Gasteiger partial charge is 0.321 e. The molecule has 0 bridgehead atoms. The van der Waals surface area contributed by atoms with Crippen molar-refractivity contribution in [3.05, 3.63) is 10.6 Å². The number of carbonyl (C=O) groups is 1. The SMILES string of the molecule is CCO[C@@H]1C[C@@H](NC(=O)Nc2nc(C)c(C)s2)C12CCC2. The van der Waals surface area contributed by atoms with Gasteiger partial charge in [0, 0.05) is 22.9 Å². The fourth-order valence-electron chi connectivity index (χ4n) is 3.46. The van der Waals surface area contributed by atoms with Gasteiger partial charge in [0.05, 0.1) is 11.8 Å². The third-order valence-corrected chi connectivity index (χ3v) is 5.98. The van der Waals surface area contributed by atoms with Crippen LogP contribution < -0.4 is 10.6 Å². The maximum atomic E-state index is 12.1. The molecule has 0 saturated heterocycles. The van der Waals surface area contributed by atoms with Crippen LogP contribution >= 0.6 is 11.3 Å². The van der Waals surface area contributed by atoms with Gasteiger partial charge in [-0.2, -0.15) is 0 Å². The van der Waals surface area contributed by atoms with E-state index >= 15 is 0 Å². The van der Waals surface area contributed by atoms with E-state index in [0.29, 0.717) is 11.2 Å². The van der Waals surface area contributed by atoms with E-state index in [1.807, 2.05) is 20.8 Å². The Morgan fingerprint density at radius 3 is 2.76 bits per heavy atom. The van der Waals surface area contributed by atoms with Gasteiger partial charge >= 0.3 is 6.03 Å². The third kappa shape index (κ3) is 2.55. The number of amides is 2. The van der Waals surface area contributed by atoms with E-state index in [1.165, 1.54) is 17.8 Å². The summed E-state index contributed by atoms with van der Waals surface area (Å²) in [5, 5.41) is 6.64. The standard InChI is InChI=1S/C15H23N3O2S/c1-4-20-12-8-11(15(12)6-5-7-15)17-13(19)18-14-16-9(2)10(3)21-14/h11-12H,4-8H2,1-3H3,(H2,16,17,18,19)/t11-,12-/m1/s1. The highest BCUT2D eigenvalue weighted by atomic mass is 32.1. The molecule has 0 radical (unpaired) electrons. The van der Waals surface area contributed by atoms with Crippen molar-refractivity contribution < 1.29 is 9.53 Å². The molecule has 21 heavy (non-hydrogen) atoms. The Labute approximate surface area is 129 Å². The molecule has 2 atom stereocenters. The van der Waals surface area contributed by atoms with Crippen molar-refractivity contribution >= 4 is 22.5 Å². The summed E-state index contributed by atoms with van der Waals surface area (Å²) in [5.74, 6) is 0. The third-order valence-electron chi connectivity index (χ3n) is 4.99. The van der Waals surface area contributed by atoms with Gasteiger partial charge in [0.15, 0.2) is 5.13 Å². The average molecular weight is 309 g/mol. The van der Waals surface area contributed by atoms with Crippen LogP contribution in [0.1, 0.15) is 43.2 Å². The average Bonchev–Trinajstić information content (AvgIpc) is 2.64. The van der Waals surface area contributed by atoms with Crippen LogP contribution in [-0.2, 0) is 4.74 Å². The van der Waals surface area contributed by atoms with Crippen molar-refractivity contribution in [1.29, 1.82) is 0 Å². The minimum Gasteiger partial charge on any atom is -0.378 e. The predicted molar refractivity (Wildman–Crippen MR) is 83.8 cm³/mol. The molecule has 0 aliphatic heterocycles. The number of hydrogen-bond donors (Lipinski definition) is 2. The zero-order valence-electron chi connectivity index (χ0n) is 12.9. The van der Waals surface area contributed by atoms with Crippen molar-refractivity contribution in [2.75, 3.05) is 11.9 Å². The van der Waals surface area contributed by atoms with Gasteiger partial charge in [-0.25, -0.2) is 9.78 Å². The van der Waals surface area contributed by atoms with Gasteiger partial charge in [-0.3, -0.25) is 5.32 Å². The molecule has 116 valence electrons. The highest BCUT2D eigenvalue weighted by molar-refractivity contribution is 7.15. The van der Waals surface area contributed by atoms with Crippen LogP contribution in [0.25, 0.3) is 0 Å². The summed E-state index contributed by atoms with van der Waals surface area (Å²) in [6, 6.07) is 0.0972. The Morgan fingerprint density at radius 2 is 2.24 bits per heavy atom. The van der Waals surface area contributed by atoms with Crippen molar-refractivity contribution in [2.45, 2.75) is 58.6 Å². The van der Waals surface area contributed by atoms with Crippen LogP contribution in [0.5, 0.6) is 0 Å². The van der Waals surface area contributed by atoms with Crippen LogP contribution in [0.4, 0.5) is 9.93 Å². The monoisotopic (exact) mass is 309 g/mol. The van der Waals surface area contributed by atoms with E-state index < -0.39 is 0 Å². The van der Waals surface area contributed by atoms with Crippen LogP contribution in [0.2, 0.25) is 0 Å². The molecule has 5 nitrogen and oxygen atoms in total. The molecule has 2 aliphatic rings. The first-order chi connectivity index (χ1) is 10.0. The number of aryl methyl sites for hydroxylation is 2. The maximum Gasteiger partial charge on any atom is 0.321 e. The van der Waals surface area contributed by atoms with Gasteiger partial charge in [0.1, 0.15) is 0 Å². The molecule has 2 amide bonds. The first-order valence-corrected chi connectivity index (χ1v) is 8.50. The molecular formula is C15H23N3O2S. The molecule has 0 aromatic carbocycles. The van der Waals surface area contributed by atoms with E-state index in [4.69, 9.17) is 4.74 Å². The number of hydrogen-bond acceptors (Lipinski definition) is 4. The molecule has 1 heterocycles. The summed E-state index contributed by atoms with van der Waals surface area (Å²) in [5.41, 5.74) is 1.17. The molecule has 2 saturated carbocycles. The van der Waals surface area contributed by atoms with Gasteiger partial charge in [-0.05, 0) is 40.0 Å². The predicted octanol–water partition coefficient (Wildman–Crippen LogP) is 3.23. The summed E-state index contributed by atoms with van der Waals surface area (Å²) in [6.07, 6.45) is 4.83. The Hall–Kier alpha value is -1.14. The molecular weight excluding hydrogens is 286 g/mol. The zero-order valence-corrected chi connectivity index (χ0v) is 13.7. The lowest BCUT2D eigenvalue weighted by molar-refractivity contribution is -0.169. The summed E-state index contributed by atoms with van der Waals surface area (Å²) < 4.78 is 5.80. The number of carbonyl (C=O) groups excluding carboxylic acids is 1. The highest BCUT2D eigenvalue weighted by Crippen LogP contribution is 2.57. The Kier molecular flexibility index (Phi) is 3.92. The van der Waals surface area contributed by atoms with Crippen molar-refractivity contribution in [3.8, 4) is 0 Å². The first kappa shape index (κ1) is 14.8. The quantitative estimate of drug-likeness (QED) is 0.897. The van der Waals surface area contributed by atoms with Gasteiger partial charge < -0.3 is 10.1 Å². The van der Waals surface area contributed by atoms with Crippen molar-refractivity contribution in [2.24, 2.45) is 5.41 Å². The van der Waals surface area contributed by atoms with E-state index in [1.54, 1.807) is 0 Å². The van der Waals surface area contributed by atoms with E-state index in [9.17, 15) is 4.79 Å². The minimum atomic E-state index is -0.144. The summed E-state index contributed by atoms with van der Waals surface area (Å²) >= 11 is 1.52. The van der Waals surface area contributed by atoms with Gasteiger partial charge in [0.25, 0.3) is 0 Å². The topological polar surface area (TPSA) is 63.2 Å². The summed E-state index contributed by atoms with van der Waals surface area (Å²) in [7, 11) is 0. The second kappa shape index (κ2) is 5.57. The molecule has 6 heteroatoms. The van der Waals surface area contributed by atoms with Crippen LogP contribution in [0.15, 0.2) is 0 Å². The summed E-state index contributed by atoms with van der Waals surface area (Å²) in [4.78, 5) is 17.6. The number of nitrogens with zero attached hydrogens (tertiary/aromatic N) is 1. The lowest BCUT2D eigenvalue weighted by Crippen LogP contribution is -2.68. The second-order valence-electron chi connectivity index (χ2n) is 6.08. The highest BCUT2D eigenvalue weighted by Gasteiger charge is 2.59. The zero-order chi connectivity index (χ0) is 15.0. The Morgan fingerprint density at radius 1 is 1.48 bits per heavy atom. The van der Waals surface area contributed by atoms with Crippen LogP contribution in [0, 0.1) is 19.3 Å². The number of rotatable bonds is 4. The van der Waals surface area contributed by atoms with Gasteiger partial charge in [0.2, 0.25) is 0 Å². The lowest BCUT2D eigenvalue weighted by atomic mass is 9.51. The van der Waals surface area contributed by atoms with Crippen LogP contribution in [-0.4, -0.2) is 29.8 Å². The molecule has 2 aliphatic carbocycles. The number of anilines is 1. The van der Waals surface area contributed by atoms with E-state index in [-0.39, 0.29) is 17.5 Å². The molecule has 2 N–H and O–H groups in total. The molecule has 3 rings (SSSR count). The molecule has 0 unspecified atom stereocenters. The Balaban J connectivity index is 1.56. The molecule has 1 spiro atoms. The normalized spacial score (nSPS) is 26.0. The van der Waals surface area contributed by atoms with Crippen LogP contribution in [0.3, 0.4) is 0 Å². The van der Waals surface area contributed by atoms with Gasteiger partial charge in [-0.15, -0.1) is 11.3 Å². The lowest BCUT2D eigenvalue weighted by Gasteiger charge is -2.60. The number of thiazole rings is 1. The molecule has 1 aromatic heterocycles. The minimum absolute atomic E-state index is 0.144. The molecule has 1 aromatic rings. The number of urea groups is 1. The second-order valence-corrected chi connectivity index (χ2v) is 7.28. The number of nitrogens with one attached hydrogen (secondary N) is 2. The number of aromatic nitrogens is 1. The van der Waals surface area contributed by atoms with E-state index in [2.05, 4.69) is 15.6 Å². The fourth-order valence-corrected chi connectivity index (χ4v) is 4.27. The Bertz CT molecular complexity index is 520. The van der Waals surface area contributed by atoms with Crippen molar-refractivity contribution in [3.63, 3.8) is 0 Å². The largest absolute Gasteiger partial charge is 0.378 e. The van der Waals surface area contributed by atoms with Gasteiger partial charge in [-0.1, -0.05) is 6.42 Å². The first-order valence-electron chi connectivity index (χ1n) is 7.68. The maximum absolute atomic E-state index is 12.1. The summed E-state index contributed by atoms with van der Waals surface area (Å²) in [6.45, 7) is 6.75. The fraction of sp³-hybridized carbons (Fsp3) is 0.733.